The Morgan fingerprint density at radius 1 is 1.64 bits per heavy atom. The van der Waals surface area contributed by atoms with E-state index in [2.05, 4.69) is 6.92 Å². The van der Waals surface area contributed by atoms with E-state index in [1.54, 1.807) is 6.26 Å². The van der Waals surface area contributed by atoms with Gasteiger partial charge in [0, 0.05) is 6.61 Å². The van der Waals surface area contributed by atoms with Crippen molar-refractivity contribution in [3.63, 3.8) is 0 Å². The van der Waals surface area contributed by atoms with E-state index in [-0.39, 0.29) is 6.10 Å². The molecule has 0 aromatic carbocycles. The van der Waals surface area contributed by atoms with Gasteiger partial charge < -0.3 is 14.2 Å². The molecular formula is C8H12O3. The van der Waals surface area contributed by atoms with E-state index in [9.17, 15) is 0 Å². The molecule has 1 fully saturated rings. The Morgan fingerprint density at radius 2 is 2.55 bits per heavy atom. The van der Waals surface area contributed by atoms with Gasteiger partial charge in [0.2, 0.25) is 0 Å². The Bertz CT molecular complexity index is 178. The molecule has 0 N–H and O–H groups in total. The fourth-order valence-electron chi connectivity index (χ4n) is 1.20. The van der Waals surface area contributed by atoms with E-state index in [0.29, 0.717) is 6.61 Å². The summed E-state index contributed by atoms with van der Waals surface area (Å²) in [5.41, 5.74) is 0. The van der Waals surface area contributed by atoms with Crippen molar-refractivity contribution in [2.24, 2.45) is 0 Å². The van der Waals surface area contributed by atoms with E-state index >= 15 is 0 Å². The number of rotatable bonds is 4. The maximum Gasteiger partial charge on any atom is 0.264 e. The normalized spacial score (nSPS) is 38.5. The molecule has 0 saturated carbocycles. The summed E-state index contributed by atoms with van der Waals surface area (Å²) in [4.78, 5) is 0. The van der Waals surface area contributed by atoms with Crippen LogP contribution in [0.25, 0.3) is 0 Å². The zero-order valence-electron chi connectivity index (χ0n) is 6.58. The fourth-order valence-corrected chi connectivity index (χ4v) is 1.20. The Hall–Kier alpha value is -0.540. The van der Waals surface area contributed by atoms with Crippen LogP contribution in [0.3, 0.4) is 0 Å². The predicted molar refractivity (Wildman–Crippen MR) is 38.9 cm³/mol. The highest BCUT2D eigenvalue weighted by atomic mass is 16.8. The number of fused-ring (bicyclic) bond motifs is 1. The molecule has 0 radical (unpaired) electrons. The minimum Gasteiger partial charge on any atom is -0.464 e. The van der Waals surface area contributed by atoms with Gasteiger partial charge in [0.05, 0.1) is 6.26 Å². The van der Waals surface area contributed by atoms with Gasteiger partial charge in [0.25, 0.3) is 5.79 Å². The van der Waals surface area contributed by atoms with Crippen molar-refractivity contribution in [1.82, 2.24) is 0 Å². The molecule has 3 nitrogen and oxygen atoms in total. The summed E-state index contributed by atoms with van der Waals surface area (Å²) in [7, 11) is 0. The first kappa shape index (κ1) is 7.13. The lowest BCUT2D eigenvalue weighted by Crippen LogP contribution is -2.21. The van der Waals surface area contributed by atoms with Gasteiger partial charge >= 0.3 is 0 Å². The summed E-state index contributed by atoms with van der Waals surface area (Å²) in [6, 6.07) is 0. The van der Waals surface area contributed by atoms with Gasteiger partial charge in [0.1, 0.15) is 6.61 Å². The molecule has 2 aliphatic heterocycles. The third-order valence-corrected chi connectivity index (χ3v) is 1.88. The van der Waals surface area contributed by atoms with E-state index < -0.39 is 5.79 Å². The van der Waals surface area contributed by atoms with Gasteiger partial charge in [-0.15, -0.1) is 0 Å². The van der Waals surface area contributed by atoms with Gasteiger partial charge in [0.15, 0.2) is 6.10 Å². The third-order valence-electron chi connectivity index (χ3n) is 1.88. The van der Waals surface area contributed by atoms with Crippen molar-refractivity contribution < 1.29 is 14.2 Å². The molecule has 2 heterocycles. The van der Waals surface area contributed by atoms with Crippen molar-refractivity contribution in [3.8, 4) is 0 Å². The van der Waals surface area contributed by atoms with Crippen LogP contribution in [0.5, 0.6) is 0 Å². The number of hydrogen-bond acceptors (Lipinski definition) is 3. The van der Waals surface area contributed by atoms with Crippen LogP contribution in [0, 0.1) is 0 Å². The van der Waals surface area contributed by atoms with Crippen molar-refractivity contribution in [2.45, 2.75) is 25.2 Å². The molecule has 3 heteroatoms. The predicted octanol–water partition coefficient (Wildman–Crippen LogP) is 1.05. The van der Waals surface area contributed by atoms with Crippen LogP contribution in [0.2, 0.25) is 0 Å². The summed E-state index contributed by atoms with van der Waals surface area (Å²) in [5, 5.41) is 0. The van der Waals surface area contributed by atoms with E-state index in [4.69, 9.17) is 14.2 Å². The van der Waals surface area contributed by atoms with Crippen molar-refractivity contribution in [2.75, 3.05) is 13.2 Å². The smallest absolute Gasteiger partial charge is 0.264 e. The first-order chi connectivity index (χ1) is 5.37. The van der Waals surface area contributed by atoms with Crippen LogP contribution in [0.4, 0.5) is 0 Å². The molecule has 0 aliphatic carbocycles. The summed E-state index contributed by atoms with van der Waals surface area (Å²) >= 11 is 0. The standard InChI is InChI=1S/C8H12O3/c1-2-4-9-6-8-7(11-8)3-5-10-8/h3,5,7H,2,4,6H2,1H3. The maximum absolute atomic E-state index is 5.32. The largest absolute Gasteiger partial charge is 0.464 e. The number of ether oxygens (including phenoxy) is 3. The Kier molecular flexibility index (Phi) is 1.62. The van der Waals surface area contributed by atoms with Gasteiger partial charge in [-0.2, -0.15) is 0 Å². The summed E-state index contributed by atoms with van der Waals surface area (Å²) in [6.07, 6.45) is 4.78. The molecule has 2 unspecified atom stereocenters. The summed E-state index contributed by atoms with van der Waals surface area (Å²) < 4.78 is 15.8. The number of epoxide rings is 1. The molecule has 0 amide bonds. The fraction of sp³-hybridized carbons (Fsp3) is 0.750. The summed E-state index contributed by atoms with van der Waals surface area (Å²) in [6.45, 7) is 3.41. The quantitative estimate of drug-likeness (QED) is 0.450. The SMILES string of the molecule is CCCOCC12OC=CC1O2. The highest BCUT2D eigenvalue weighted by Crippen LogP contribution is 2.43. The number of hydrogen-bond donors (Lipinski definition) is 0. The Morgan fingerprint density at radius 3 is 3.09 bits per heavy atom. The van der Waals surface area contributed by atoms with Crippen LogP contribution in [-0.2, 0) is 14.2 Å². The zero-order chi connectivity index (χ0) is 7.73. The highest BCUT2D eigenvalue weighted by molar-refractivity contribution is 5.13. The van der Waals surface area contributed by atoms with E-state index in [1.165, 1.54) is 0 Å². The van der Waals surface area contributed by atoms with Gasteiger partial charge in [-0.1, -0.05) is 6.92 Å². The Balaban J connectivity index is 1.72. The van der Waals surface area contributed by atoms with Gasteiger partial charge in [-0.25, -0.2) is 0 Å². The first-order valence-corrected chi connectivity index (χ1v) is 3.97. The second kappa shape index (κ2) is 2.50. The van der Waals surface area contributed by atoms with Crippen molar-refractivity contribution in [1.29, 1.82) is 0 Å². The summed E-state index contributed by atoms with van der Waals surface area (Å²) in [5.74, 6) is -0.421. The van der Waals surface area contributed by atoms with Crippen LogP contribution in [-0.4, -0.2) is 25.1 Å². The van der Waals surface area contributed by atoms with Crippen LogP contribution < -0.4 is 0 Å². The topological polar surface area (TPSA) is 31.0 Å². The molecule has 2 aliphatic rings. The lowest BCUT2D eigenvalue weighted by molar-refractivity contribution is -0.0506. The molecular weight excluding hydrogens is 144 g/mol. The molecule has 2 atom stereocenters. The monoisotopic (exact) mass is 156 g/mol. The van der Waals surface area contributed by atoms with Crippen molar-refractivity contribution in [3.05, 3.63) is 12.3 Å². The third kappa shape index (κ3) is 1.14. The molecule has 0 bridgehead atoms. The maximum atomic E-state index is 5.32. The zero-order valence-corrected chi connectivity index (χ0v) is 6.58. The van der Waals surface area contributed by atoms with Gasteiger partial charge in [-0.3, -0.25) is 0 Å². The lowest BCUT2D eigenvalue weighted by Gasteiger charge is -2.08. The van der Waals surface area contributed by atoms with Crippen LogP contribution in [0.15, 0.2) is 12.3 Å². The van der Waals surface area contributed by atoms with Gasteiger partial charge in [-0.05, 0) is 12.5 Å². The average Bonchev–Trinajstić information content (AvgIpc) is 2.55. The second-order valence-electron chi connectivity index (χ2n) is 2.85. The van der Waals surface area contributed by atoms with E-state index in [1.807, 2.05) is 6.08 Å². The first-order valence-electron chi connectivity index (χ1n) is 3.97. The van der Waals surface area contributed by atoms with E-state index in [0.717, 1.165) is 13.0 Å². The molecule has 0 aromatic heterocycles. The molecule has 11 heavy (non-hydrogen) atoms. The minimum atomic E-state index is -0.421. The molecule has 1 saturated heterocycles. The average molecular weight is 156 g/mol. The molecule has 2 rings (SSSR count). The molecule has 0 aromatic rings. The highest BCUT2D eigenvalue weighted by Gasteiger charge is 2.61. The van der Waals surface area contributed by atoms with Crippen LogP contribution >= 0.6 is 0 Å². The molecule has 62 valence electrons. The minimum absolute atomic E-state index is 0.152. The lowest BCUT2D eigenvalue weighted by atomic mass is 10.3. The second-order valence-corrected chi connectivity index (χ2v) is 2.85. The Labute approximate surface area is 65.9 Å². The molecule has 0 spiro atoms. The van der Waals surface area contributed by atoms with Crippen LogP contribution in [0.1, 0.15) is 13.3 Å². The van der Waals surface area contributed by atoms with Crippen molar-refractivity contribution >= 4 is 0 Å².